The lowest BCUT2D eigenvalue weighted by molar-refractivity contribution is -0.121. The molecule has 130 heavy (non-hydrogen) atoms. The summed E-state index contributed by atoms with van der Waals surface area (Å²) in [5.74, 6) is -4.71. The maximum Gasteiger partial charge on any atom is 0.291 e. The second-order valence-corrected chi connectivity index (χ2v) is 32.7. The molecule has 8 amide bonds. The first-order valence-electron chi connectivity index (χ1n) is 42.7. The second-order valence-electron chi connectivity index (χ2n) is 32.7. The van der Waals surface area contributed by atoms with E-state index in [1.165, 1.54) is 64.3 Å². The van der Waals surface area contributed by atoms with E-state index in [0.717, 1.165) is 19.4 Å². The van der Waals surface area contributed by atoms with Crippen LogP contribution in [0.25, 0.3) is 0 Å². The van der Waals surface area contributed by atoms with Crippen molar-refractivity contribution >= 4 is 122 Å². The first kappa shape index (κ1) is 97.7. The van der Waals surface area contributed by atoms with Crippen molar-refractivity contribution in [2.24, 2.45) is 76.2 Å². The minimum atomic E-state index is -0.637. The van der Waals surface area contributed by atoms with Crippen molar-refractivity contribution in [2.75, 3.05) is 73.4 Å². The van der Waals surface area contributed by atoms with Gasteiger partial charge in [0.05, 0.1) is 47.0 Å². The predicted molar refractivity (Wildman–Crippen MR) is 479 cm³/mol. The van der Waals surface area contributed by atoms with Gasteiger partial charge in [-0.15, -0.1) is 0 Å². The summed E-state index contributed by atoms with van der Waals surface area (Å²) in [6, 6.07) is 7.82. The van der Waals surface area contributed by atoms with Crippen molar-refractivity contribution in [3.63, 3.8) is 0 Å². The van der Waals surface area contributed by atoms with E-state index in [2.05, 4.69) is 72.4 Å². The number of Topliss-reactive ketones (excluding diaryl/α,β-unsaturated/α-hetero) is 8. The van der Waals surface area contributed by atoms with E-state index < -0.39 is 35.4 Å². The minimum Gasteiger partial charge on any atom is -0.356 e. The summed E-state index contributed by atoms with van der Waals surface area (Å²) in [6.45, 7) is 1.41. The van der Waals surface area contributed by atoms with Crippen LogP contribution >= 0.6 is 0 Å². The summed E-state index contributed by atoms with van der Waals surface area (Å²) in [7, 11) is 20.4. The number of hydrogen-bond donors (Lipinski definition) is 9. The zero-order valence-corrected chi connectivity index (χ0v) is 75.3. The number of hydrogen-bond acceptors (Lipinski definition) is 23. The number of nitrogens with one attached hydrogen (secondary N) is 8. The van der Waals surface area contributed by atoms with Crippen LogP contribution in [0.3, 0.4) is 0 Å². The van der Waals surface area contributed by atoms with Gasteiger partial charge in [-0.3, -0.25) is 76.7 Å². The van der Waals surface area contributed by atoms with Crippen LogP contribution < -0.4 is 48.3 Å². The number of anilines is 5. The quantitative estimate of drug-likeness (QED) is 0.0166. The number of carbonyl (C=O) groups excluding carboxylic acids is 16. The lowest BCUT2D eigenvalue weighted by Gasteiger charge is -2.08. The third kappa shape index (κ3) is 27.5. The van der Waals surface area contributed by atoms with Gasteiger partial charge in [0.1, 0.15) is 28.6 Å². The molecule has 41 nitrogen and oxygen atoms in total. The molecule has 0 radical (unpaired) electrons. The van der Waals surface area contributed by atoms with Gasteiger partial charge in [-0.2, -0.15) is 0 Å². The molecule has 690 valence electrons. The van der Waals surface area contributed by atoms with Crippen molar-refractivity contribution in [3.05, 3.63) is 178 Å². The molecule has 10 heterocycles. The summed E-state index contributed by atoms with van der Waals surface area (Å²) in [5, 5.41) is 21.6. The Hall–Kier alpha value is -14.5. The molecule has 0 fully saturated rings. The fourth-order valence-electron chi connectivity index (χ4n) is 14.9. The monoisotopic (exact) mass is 1790 g/mol. The van der Waals surface area contributed by atoms with E-state index in [9.17, 15) is 76.7 Å². The molecule has 0 unspecified atom stereocenters. The first-order valence-corrected chi connectivity index (χ1v) is 42.7. The summed E-state index contributed by atoms with van der Waals surface area (Å²) >= 11 is 0. The van der Waals surface area contributed by atoms with Crippen LogP contribution in [-0.2, 0) is 131 Å². The Labute approximate surface area is 749 Å². The zero-order chi connectivity index (χ0) is 94.3. The van der Waals surface area contributed by atoms with Crippen molar-refractivity contribution in [1.29, 1.82) is 0 Å². The number of aromatic nitrogens is 15. The van der Waals surface area contributed by atoms with Crippen molar-refractivity contribution < 1.29 is 76.7 Å². The molecule has 0 saturated carbocycles. The van der Waals surface area contributed by atoms with E-state index in [4.69, 9.17) is 5.73 Å². The number of nitrogens with two attached hydrogens (primary N) is 1. The molecular formula is C89H113N25O16. The second kappa shape index (κ2) is 45.3. The van der Waals surface area contributed by atoms with Crippen molar-refractivity contribution in [2.45, 2.75) is 135 Å². The molecule has 0 atom stereocenters. The summed E-state index contributed by atoms with van der Waals surface area (Å²) < 4.78 is 15.4. The topological polar surface area (TPSA) is 512 Å². The van der Waals surface area contributed by atoms with Crippen LogP contribution in [0.4, 0.5) is 28.8 Å². The molecule has 0 aliphatic heterocycles. The molecule has 0 aliphatic carbocycles. The largest absolute Gasteiger partial charge is 0.356 e. The summed E-state index contributed by atoms with van der Waals surface area (Å²) in [4.78, 5) is 234. The van der Waals surface area contributed by atoms with Gasteiger partial charge in [0.2, 0.25) is 52.6 Å². The molecule has 10 rings (SSSR count). The molecule has 0 aliphatic rings. The summed E-state index contributed by atoms with van der Waals surface area (Å²) in [5.41, 5.74) is 9.81. The third-order valence-corrected chi connectivity index (χ3v) is 21.4. The molecule has 10 N–H and O–H groups in total. The lowest BCUT2D eigenvalue weighted by atomic mass is 10.0. The first-order chi connectivity index (χ1) is 61.8. The fourth-order valence-corrected chi connectivity index (χ4v) is 14.9. The van der Waals surface area contributed by atoms with E-state index >= 15 is 0 Å². The number of unbranched alkanes of at least 4 members (excludes halogenated alkanes) is 3. The molecule has 10 aromatic rings. The highest BCUT2D eigenvalue weighted by Crippen LogP contribution is 2.24. The molecular weight excluding hydrogens is 1680 g/mol. The molecule has 0 saturated heterocycles. The normalized spacial score (nSPS) is 11.2. The number of ketones is 8. The van der Waals surface area contributed by atoms with Gasteiger partial charge in [0.25, 0.3) is 23.6 Å². The number of imidazole rings is 5. The van der Waals surface area contributed by atoms with Gasteiger partial charge in [0, 0.05) is 236 Å². The maximum absolute atomic E-state index is 13.6. The standard InChI is InChI=1S/C89H113N25O16/c1-104(2)33-17-15-20-61(115)21-18-23-68(117)63-34-54(44-105(63)3)37-70(119)81-95-60(50-111(81)9)43-73(122)82-94-57(49-110(82)8)40-62(116)22-19-24-69(118)64-35-55(45-106(64)4)38-71(120)83-101-74(51-112(83)10)98-78(124)25-14-13-16-30-92-86(127)66-42-59(48-109(66)7)97-89(130)85-103-76(53-114(85)12)100-80(126)28-32-93-87(128)67-41-58(47-108(67)6)96-88(129)65-36-56(46-107(65)5)39-72(121)84-102-75(52-113(84)11)99-79(125)27-31-91-77(123)26-29-90/h34-36,41-42,44-53H,13-33,37-40,43,90H2,1-12H3,(H,91,123)(H,92,127)(H,93,128)(H,96,129)(H,97,130)(H,98,124)(H,99,125)(H,100,126). The Morgan fingerprint density at radius 1 is 0.292 bits per heavy atom. The average molecular weight is 1790 g/mol. The van der Waals surface area contributed by atoms with Crippen LogP contribution in [-0.4, -0.2) is 216 Å². The van der Waals surface area contributed by atoms with E-state index in [1.807, 2.05) is 14.1 Å². The lowest BCUT2D eigenvalue weighted by Crippen LogP contribution is -2.29. The Bertz CT molecular complexity index is 5930. The number of rotatable bonds is 52. The van der Waals surface area contributed by atoms with Gasteiger partial charge in [-0.05, 0) is 106 Å². The summed E-state index contributed by atoms with van der Waals surface area (Å²) in [6.07, 6.45) is 20.6. The molecule has 0 bridgehead atoms. The molecule has 0 aromatic carbocycles. The van der Waals surface area contributed by atoms with Crippen LogP contribution in [0, 0.1) is 0 Å². The Morgan fingerprint density at radius 3 is 1.16 bits per heavy atom. The zero-order valence-electron chi connectivity index (χ0n) is 75.3. The number of carbonyl (C=O) groups is 16. The van der Waals surface area contributed by atoms with Crippen LogP contribution in [0.2, 0.25) is 0 Å². The van der Waals surface area contributed by atoms with Crippen molar-refractivity contribution in [3.8, 4) is 0 Å². The number of aryl methyl sites for hydroxylation is 10. The van der Waals surface area contributed by atoms with Crippen LogP contribution in [0.15, 0.2) is 92.3 Å². The van der Waals surface area contributed by atoms with E-state index in [-0.39, 0.29) is 231 Å². The third-order valence-electron chi connectivity index (χ3n) is 21.4. The predicted octanol–water partition coefficient (Wildman–Crippen LogP) is 5.55. The number of amides is 8. The Kier molecular flexibility index (Phi) is 34.0. The SMILES string of the molecule is CN(C)CCCCC(=O)CCCC(=O)c1cc(CC(=O)c2nc(CC(=O)c3nc(CC(=O)CCCC(=O)c4cc(CC(=O)c5nc(NC(=O)CCCCCNC(=O)c6cc(NC(=O)c7nc(NC(=O)CCNC(=O)c8cc(NC(=O)c9cc(CC(=O)c%10nc(NC(=O)CCNC(=O)CCN)cn%10C)cn9C)cn8C)cn7C)cn6C)cn5C)cn4C)cn3C)cn2C)cn1C. The van der Waals surface area contributed by atoms with Crippen LogP contribution in [0.1, 0.15) is 236 Å². The highest BCUT2D eigenvalue weighted by atomic mass is 16.2. The fraction of sp³-hybridized carbons (Fsp3) is 0.427. The number of nitrogens with zero attached hydrogens (tertiary/aromatic N) is 16. The molecule has 41 heteroatoms. The minimum absolute atomic E-state index is 0.0165. The Morgan fingerprint density at radius 2 is 0.669 bits per heavy atom. The molecule has 10 aromatic heterocycles. The van der Waals surface area contributed by atoms with E-state index in [0.29, 0.717) is 89.4 Å². The van der Waals surface area contributed by atoms with Crippen LogP contribution in [0.5, 0.6) is 0 Å². The highest BCUT2D eigenvalue weighted by molar-refractivity contribution is 6.07. The maximum atomic E-state index is 13.6. The average Bonchev–Trinajstić information content (AvgIpc) is 1.68. The smallest absolute Gasteiger partial charge is 0.291 e. The molecule has 0 spiro atoms. The van der Waals surface area contributed by atoms with Gasteiger partial charge in [-0.25, -0.2) is 24.9 Å². The highest BCUT2D eigenvalue weighted by Gasteiger charge is 2.28. The van der Waals surface area contributed by atoms with Gasteiger partial charge in [0.15, 0.2) is 52.3 Å². The Balaban J connectivity index is 0.574. The van der Waals surface area contributed by atoms with Gasteiger partial charge >= 0.3 is 0 Å². The van der Waals surface area contributed by atoms with Crippen molar-refractivity contribution in [1.82, 2.24) is 91.4 Å². The van der Waals surface area contributed by atoms with Gasteiger partial charge in [-0.1, -0.05) is 6.42 Å². The van der Waals surface area contributed by atoms with Gasteiger partial charge < -0.3 is 98.8 Å². The van der Waals surface area contributed by atoms with E-state index in [1.54, 1.807) is 144 Å².